The molecule has 1 aromatic heterocycles. The molecule has 0 aromatic carbocycles. The number of amides is 1. The first kappa shape index (κ1) is 22.8. The molecule has 1 fully saturated rings. The van der Waals surface area contributed by atoms with Crippen molar-refractivity contribution in [3.63, 3.8) is 0 Å². The smallest absolute Gasteiger partial charge is 0.223 e. The molecule has 0 bridgehead atoms. The number of pyridine rings is 1. The van der Waals surface area contributed by atoms with Crippen LogP contribution >= 0.6 is 0 Å². The number of nitrogens with zero attached hydrogens (tertiary/aromatic N) is 1. The Morgan fingerprint density at radius 3 is 2.57 bits per heavy atom. The molecule has 2 rings (SSSR count). The molecule has 0 saturated heterocycles. The van der Waals surface area contributed by atoms with E-state index in [0.29, 0.717) is 12.6 Å². The zero-order valence-corrected chi connectivity index (χ0v) is 18.4. The van der Waals surface area contributed by atoms with Crippen LogP contribution in [0.25, 0.3) is 0 Å². The SMILES string of the molecule is CCCC(CCC)N[C@@H]1C[C@@H](C(=O)NCc2cnc(C)c(C)c2)CC[C@H]1OC. The molecular weight excluding hydrogens is 350 g/mol. The highest BCUT2D eigenvalue weighted by atomic mass is 16.5. The lowest BCUT2D eigenvalue weighted by Crippen LogP contribution is -2.51. The van der Waals surface area contributed by atoms with E-state index in [4.69, 9.17) is 4.74 Å². The van der Waals surface area contributed by atoms with Gasteiger partial charge in [-0.3, -0.25) is 9.78 Å². The van der Waals surface area contributed by atoms with Crippen molar-refractivity contribution in [1.29, 1.82) is 0 Å². The minimum Gasteiger partial charge on any atom is -0.380 e. The van der Waals surface area contributed by atoms with E-state index in [1.165, 1.54) is 25.7 Å². The second-order valence-electron chi connectivity index (χ2n) is 8.30. The van der Waals surface area contributed by atoms with Crippen LogP contribution in [0.3, 0.4) is 0 Å². The number of nitrogens with one attached hydrogen (secondary N) is 2. The van der Waals surface area contributed by atoms with Crippen molar-refractivity contribution in [2.24, 2.45) is 5.92 Å². The van der Waals surface area contributed by atoms with Gasteiger partial charge in [0.1, 0.15) is 0 Å². The molecule has 1 amide bonds. The number of ether oxygens (including phenoxy) is 1. The number of carbonyl (C=O) groups excluding carboxylic acids is 1. The van der Waals surface area contributed by atoms with Crippen LogP contribution in [0.5, 0.6) is 0 Å². The summed E-state index contributed by atoms with van der Waals surface area (Å²) in [6, 6.07) is 2.87. The summed E-state index contributed by atoms with van der Waals surface area (Å²) in [5.41, 5.74) is 3.26. The Morgan fingerprint density at radius 1 is 1.25 bits per heavy atom. The molecule has 1 heterocycles. The van der Waals surface area contributed by atoms with E-state index in [0.717, 1.165) is 36.1 Å². The fourth-order valence-electron chi connectivity index (χ4n) is 4.28. The summed E-state index contributed by atoms with van der Waals surface area (Å²) in [5, 5.41) is 6.94. The summed E-state index contributed by atoms with van der Waals surface area (Å²) in [6.07, 6.45) is 9.43. The Balaban J connectivity index is 1.93. The standard InChI is InChI=1S/C23H39N3O2/c1-6-8-20(9-7-2)26-21-13-19(10-11-22(21)28-5)23(27)25-15-18-12-16(3)17(4)24-14-18/h12,14,19-22,26H,6-11,13,15H2,1-5H3,(H,25,27)/t19-,21+,22+/m0/s1. The van der Waals surface area contributed by atoms with Crippen LogP contribution in [-0.4, -0.2) is 36.2 Å². The molecule has 5 nitrogen and oxygen atoms in total. The third-order valence-corrected chi connectivity index (χ3v) is 6.05. The molecule has 0 spiro atoms. The van der Waals surface area contributed by atoms with Gasteiger partial charge < -0.3 is 15.4 Å². The number of carbonyl (C=O) groups is 1. The highest BCUT2D eigenvalue weighted by Gasteiger charge is 2.34. The number of hydrogen-bond donors (Lipinski definition) is 2. The van der Waals surface area contributed by atoms with Gasteiger partial charge in [0, 0.05) is 43.5 Å². The lowest BCUT2D eigenvalue weighted by Gasteiger charge is -2.37. The topological polar surface area (TPSA) is 63.2 Å². The zero-order chi connectivity index (χ0) is 20.5. The average Bonchev–Trinajstić information content (AvgIpc) is 2.69. The monoisotopic (exact) mass is 389 g/mol. The quantitative estimate of drug-likeness (QED) is 0.633. The van der Waals surface area contributed by atoms with Gasteiger partial charge in [-0.1, -0.05) is 32.8 Å². The van der Waals surface area contributed by atoms with Crippen molar-refractivity contribution in [1.82, 2.24) is 15.6 Å². The van der Waals surface area contributed by atoms with Gasteiger partial charge in [0.05, 0.1) is 6.10 Å². The molecule has 2 N–H and O–H groups in total. The molecular formula is C23H39N3O2. The summed E-state index contributed by atoms with van der Waals surface area (Å²) in [6.45, 7) is 9.07. The summed E-state index contributed by atoms with van der Waals surface area (Å²) in [5.74, 6) is 0.203. The molecule has 1 aromatic rings. The van der Waals surface area contributed by atoms with Gasteiger partial charge in [0.15, 0.2) is 0 Å². The van der Waals surface area contributed by atoms with Crippen LogP contribution in [0, 0.1) is 19.8 Å². The molecule has 158 valence electrons. The normalized spacial score (nSPS) is 22.4. The minimum atomic E-state index is 0.0484. The van der Waals surface area contributed by atoms with Crippen LogP contribution in [0.1, 0.15) is 75.6 Å². The Bertz CT molecular complexity index is 614. The van der Waals surface area contributed by atoms with E-state index >= 15 is 0 Å². The molecule has 0 radical (unpaired) electrons. The van der Waals surface area contributed by atoms with Gasteiger partial charge in [-0.05, 0) is 57.1 Å². The molecule has 3 atom stereocenters. The maximum absolute atomic E-state index is 12.8. The zero-order valence-electron chi connectivity index (χ0n) is 18.4. The average molecular weight is 390 g/mol. The van der Waals surface area contributed by atoms with Crippen LogP contribution in [0.2, 0.25) is 0 Å². The summed E-state index contributed by atoms with van der Waals surface area (Å²) in [7, 11) is 1.79. The Morgan fingerprint density at radius 2 is 1.96 bits per heavy atom. The van der Waals surface area contributed by atoms with Gasteiger partial charge in [0.2, 0.25) is 5.91 Å². The minimum absolute atomic E-state index is 0.0484. The van der Waals surface area contributed by atoms with E-state index in [2.05, 4.69) is 42.5 Å². The van der Waals surface area contributed by atoms with Crippen molar-refractivity contribution >= 4 is 5.91 Å². The highest BCUT2D eigenvalue weighted by Crippen LogP contribution is 2.28. The largest absolute Gasteiger partial charge is 0.380 e. The van der Waals surface area contributed by atoms with Gasteiger partial charge in [-0.15, -0.1) is 0 Å². The fourth-order valence-corrected chi connectivity index (χ4v) is 4.28. The van der Waals surface area contributed by atoms with Gasteiger partial charge in [0.25, 0.3) is 0 Å². The Labute approximate surface area is 171 Å². The first-order valence-corrected chi connectivity index (χ1v) is 11.0. The maximum Gasteiger partial charge on any atom is 0.223 e. The van der Waals surface area contributed by atoms with Crippen LogP contribution in [-0.2, 0) is 16.1 Å². The van der Waals surface area contributed by atoms with Crippen LogP contribution in [0.15, 0.2) is 12.3 Å². The lowest BCUT2D eigenvalue weighted by atomic mass is 9.82. The van der Waals surface area contributed by atoms with Crippen molar-refractivity contribution in [3.05, 3.63) is 29.1 Å². The van der Waals surface area contributed by atoms with Crippen molar-refractivity contribution in [2.75, 3.05) is 7.11 Å². The van der Waals surface area contributed by atoms with E-state index in [-0.39, 0.29) is 24.0 Å². The molecule has 1 saturated carbocycles. The first-order valence-electron chi connectivity index (χ1n) is 11.0. The molecule has 28 heavy (non-hydrogen) atoms. The summed E-state index contributed by atoms with van der Waals surface area (Å²) >= 11 is 0. The molecule has 0 aliphatic heterocycles. The lowest BCUT2D eigenvalue weighted by molar-refractivity contribution is -0.127. The number of aryl methyl sites for hydroxylation is 2. The van der Waals surface area contributed by atoms with Crippen molar-refractivity contribution < 1.29 is 9.53 Å². The predicted octanol–water partition coefficient (Wildman–Crippen LogP) is 4.06. The fraction of sp³-hybridized carbons (Fsp3) is 0.739. The van der Waals surface area contributed by atoms with Crippen LogP contribution in [0.4, 0.5) is 0 Å². The first-order chi connectivity index (χ1) is 13.5. The highest BCUT2D eigenvalue weighted by molar-refractivity contribution is 5.78. The van der Waals surface area contributed by atoms with E-state index in [1.54, 1.807) is 7.11 Å². The second kappa shape index (κ2) is 11.5. The van der Waals surface area contributed by atoms with Crippen molar-refractivity contribution in [3.8, 4) is 0 Å². The van der Waals surface area contributed by atoms with Crippen molar-refractivity contribution in [2.45, 2.75) is 97.4 Å². The predicted molar refractivity (Wildman–Crippen MR) is 114 cm³/mol. The van der Waals surface area contributed by atoms with E-state index < -0.39 is 0 Å². The second-order valence-corrected chi connectivity index (χ2v) is 8.30. The number of methoxy groups -OCH3 is 1. The number of rotatable bonds is 10. The Hall–Kier alpha value is -1.46. The van der Waals surface area contributed by atoms with E-state index in [1.807, 2.05) is 13.1 Å². The van der Waals surface area contributed by atoms with Gasteiger partial charge in [-0.25, -0.2) is 0 Å². The number of aromatic nitrogens is 1. The summed E-state index contributed by atoms with van der Waals surface area (Å²) < 4.78 is 5.74. The molecule has 0 unspecified atom stereocenters. The molecule has 1 aliphatic rings. The van der Waals surface area contributed by atoms with Crippen LogP contribution < -0.4 is 10.6 Å². The van der Waals surface area contributed by atoms with Gasteiger partial charge >= 0.3 is 0 Å². The molecule has 5 heteroatoms. The maximum atomic E-state index is 12.8. The summed E-state index contributed by atoms with van der Waals surface area (Å²) in [4.78, 5) is 17.2. The third-order valence-electron chi connectivity index (χ3n) is 6.05. The van der Waals surface area contributed by atoms with Gasteiger partial charge in [-0.2, -0.15) is 0 Å². The van der Waals surface area contributed by atoms with E-state index in [9.17, 15) is 4.79 Å². The third kappa shape index (κ3) is 6.56. The number of hydrogen-bond acceptors (Lipinski definition) is 4. The Kier molecular flexibility index (Phi) is 9.39. The molecule has 1 aliphatic carbocycles.